The number of carbonyl (C=O) groups is 2. The van der Waals surface area contributed by atoms with Crippen molar-refractivity contribution in [2.24, 2.45) is 5.41 Å². The van der Waals surface area contributed by atoms with Crippen molar-refractivity contribution in [1.29, 1.82) is 5.26 Å². The number of benzene rings is 1. The fourth-order valence-corrected chi connectivity index (χ4v) is 2.76. The fourth-order valence-electron chi connectivity index (χ4n) is 2.76. The maximum atomic E-state index is 13.1. The van der Waals surface area contributed by atoms with E-state index >= 15 is 0 Å². The van der Waals surface area contributed by atoms with E-state index < -0.39 is 34.7 Å². The standard InChI is InChI=1S/C16H15F3N2O2/c1-4-12-13(22)15(2,3)14(23)21(12)10-6-5-9(8-20)11(7-10)16(17,18)19/h5-7,12H,4H2,1-3H3. The van der Waals surface area contributed by atoms with Crippen LogP contribution in [0, 0.1) is 16.7 Å². The first kappa shape index (κ1) is 17.0. The number of alkyl halides is 3. The molecule has 1 fully saturated rings. The lowest BCUT2D eigenvalue weighted by atomic mass is 9.88. The van der Waals surface area contributed by atoms with Gasteiger partial charge in [-0.3, -0.25) is 9.59 Å². The molecule has 1 amide bonds. The third-order valence-corrected chi connectivity index (χ3v) is 4.08. The zero-order valence-corrected chi connectivity index (χ0v) is 12.9. The SMILES string of the molecule is CCC1C(=O)C(C)(C)C(=O)N1c1ccc(C#N)c(C(F)(F)F)c1. The van der Waals surface area contributed by atoms with Gasteiger partial charge in [0.25, 0.3) is 0 Å². The molecule has 23 heavy (non-hydrogen) atoms. The lowest BCUT2D eigenvalue weighted by Gasteiger charge is -2.24. The van der Waals surface area contributed by atoms with Gasteiger partial charge >= 0.3 is 6.18 Å². The molecule has 0 saturated carbocycles. The third kappa shape index (κ3) is 2.58. The number of hydrogen-bond acceptors (Lipinski definition) is 3. The van der Waals surface area contributed by atoms with Crippen LogP contribution in [-0.2, 0) is 15.8 Å². The van der Waals surface area contributed by atoms with Crippen LogP contribution in [0.25, 0.3) is 0 Å². The average Bonchev–Trinajstić information content (AvgIpc) is 2.65. The molecule has 0 aromatic heterocycles. The van der Waals surface area contributed by atoms with Gasteiger partial charge in [0, 0.05) is 5.69 Å². The molecule has 0 spiro atoms. The van der Waals surface area contributed by atoms with Crippen molar-refractivity contribution in [1.82, 2.24) is 0 Å². The number of ketones is 1. The second-order valence-corrected chi connectivity index (χ2v) is 5.93. The van der Waals surface area contributed by atoms with Crippen LogP contribution in [0.4, 0.5) is 18.9 Å². The number of Topliss-reactive ketones (excluding diaryl/α,β-unsaturated/α-hetero) is 1. The van der Waals surface area contributed by atoms with Crippen LogP contribution in [0.3, 0.4) is 0 Å². The van der Waals surface area contributed by atoms with Gasteiger partial charge in [-0.25, -0.2) is 0 Å². The first-order chi connectivity index (χ1) is 10.6. The molecule has 0 N–H and O–H groups in total. The minimum atomic E-state index is -4.72. The summed E-state index contributed by atoms with van der Waals surface area (Å²) in [6.07, 6.45) is -4.42. The topological polar surface area (TPSA) is 61.2 Å². The van der Waals surface area contributed by atoms with Crippen LogP contribution in [0.2, 0.25) is 0 Å². The minimum Gasteiger partial charge on any atom is -0.301 e. The Balaban J connectivity index is 2.61. The van der Waals surface area contributed by atoms with Crippen LogP contribution in [0.1, 0.15) is 38.3 Å². The van der Waals surface area contributed by atoms with Crippen molar-refractivity contribution in [3.8, 4) is 6.07 Å². The van der Waals surface area contributed by atoms with E-state index in [0.717, 1.165) is 17.0 Å². The number of nitriles is 1. The van der Waals surface area contributed by atoms with E-state index in [1.807, 2.05) is 0 Å². The highest BCUT2D eigenvalue weighted by molar-refractivity contribution is 6.22. The Bertz CT molecular complexity index is 717. The van der Waals surface area contributed by atoms with Crippen molar-refractivity contribution in [3.63, 3.8) is 0 Å². The molecule has 1 heterocycles. The van der Waals surface area contributed by atoms with Crippen molar-refractivity contribution in [3.05, 3.63) is 29.3 Å². The normalized spacial score (nSPS) is 20.7. The van der Waals surface area contributed by atoms with E-state index in [4.69, 9.17) is 5.26 Å². The molecule has 0 aliphatic carbocycles. The van der Waals surface area contributed by atoms with Gasteiger partial charge in [0.05, 0.1) is 23.2 Å². The predicted molar refractivity (Wildman–Crippen MR) is 76.5 cm³/mol. The summed E-state index contributed by atoms with van der Waals surface area (Å²) in [5.74, 6) is -0.852. The summed E-state index contributed by atoms with van der Waals surface area (Å²) in [7, 11) is 0. The van der Waals surface area contributed by atoms with E-state index in [0.29, 0.717) is 6.42 Å². The Labute approximate surface area is 131 Å². The van der Waals surface area contributed by atoms with Gasteiger partial charge < -0.3 is 4.90 Å². The molecule has 1 aromatic carbocycles. The zero-order valence-electron chi connectivity index (χ0n) is 12.9. The number of hydrogen-bond donors (Lipinski definition) is 0. The van der Waals surface area contributed by atoms with Gasteiger partial charge in [-0.15, -0.1) is 0 Å². The summed E-state index contributed by atoms with van der Waals surface area (Å²) in [5.41, 5.74) is -2.93. The highest BCUT2D eigenvalue weighted by Gasteiger charge is 2.53. The van der Waals surface area contributed by atoms with Gasteiger partial charge in [0.1, 0.15) is 5.41 Å². The summed E-state index contributed by atoms with van der Waals surface area (Å²) < 4.78 is 39.3. The number of amides is 1. The van der Waals surface area contributed by atoms with Crippen LogP contribution in [0.5, 0.6) is 0 Å². The van der Waals surface area contributed by atoms with Gasteiger partial charge in [0.15, 0.2) is 5.78 Å². The number of nitrogens with zero attached hydrogens (tertiary/aromatic N) is 2. The number of carbonyl (C=O) groups excluding carboxylic acids is 2. The summed E-state index contributed by atoms with van der Waals surface area (Å²) in [5, 5.41) is 8.83. The fraction of sp³-hybridized carbons (Fsp3) is 0.438. The smallest absolute Gasteiger partial charge is 0.301 e. The highest BCUT2D eigenvalue weighted by Crippen LogP contribution is 2.40. The number of rotatable bonds is 2. The first-order valence-electron chi connectivity index (χ1n) is 7.05. The van der Waals surface area contributed by atoms with E-state index in [9.17, 15) is 22.8 Å². The highest BCUT2D eigenvalue weighted by atomic mass is 19.4. The molecule has 1 unspecified atom stereocenters. The van der Waals surface area contributed by atoms with Crippen LogP contribution in [-0.4, -0.2) is 17.7 Å². The molecule has 0 radical (unpaired) electrons. The van der Waals surface area contributed by atoms with E-state index in [2.05, 4.69) is 0 Å². The molecule has 1 aliphatic heterocycles. The Hall–Kier alpha value is -2.36. The molecule has 1 atom stereocenters. The molecule has 122 valence electrons. The van der Waals surface area contributed by atoms with E-state index in [1.54, 1.807) is 6.92 Å². The average molecular weight is 324 g/mol. The van der Waals surface area contributed by atoms with E-state index in [1.165, 1.54) is 26.0 Å². The maximum absolute atomic E-state index is 13.1. The zero-order chi connectivity index (χ0) is 17.6. The maximum Gasteiger partial charge on any atom is 0.417 e. The van der Waals surface area contributed by atoms with Crippen molar-refractivity contribution < 1.29 is 22.8 Å². The predicted octanol–water partition coefficient (Wildman–Crippen LogP) is 3.30. The van der Waals surface area contributed by atoms with Gasteiger partial charge in [-0.2, -0.15) is 18.4 Å². The molecule has 0 bridgehead atoms. The first-order valence-corrected chi connectivity index (χ1v) is 7.05. The number of halogens is 3. The Morgan fingerprint density at radius 3 is 2.39 bits per heavy atom. The van der Waals surface area contributed by atoms with Crippen molar-refractivity contribution in [2.45, 2.75) is 39.4 Å². The summed E-state index contributed by atoms with van der Waals surface area (Å²) in [4.78, 5) is 25.9. The lowest BCUT2D eigenvalue weighted by molar-refractivity contribution is -0.138. The van der Waals surface area contributed by atoms with Crippen molar-refractivity contribution in [2.75, 3.05) is 4.90 Å². The Kier molecular flexibility index (Phi) is 3.97. The van der Waals surface area contributed by atoms with Crippen molar-refractivity contribution >= 4 is 17.4 Å². The van der Waals surface area contributed by atoms with Gasteiger partial charge in [-0.1, -0.05) is 6.92 Å². The number of anilines is 1. The van der Waals surface area contributed by atoms with Gasteiger partial charge in [-0.05, 0) is 38.5 Å². The summed E-state index contributed by atoms with van der Waals surface area (Å²) in [6, 6.07) is 3.74. The molecule has 1 saturated heterocycles. The Morgan fingerprint density at radius 1 is 1.30 bits per heavy atom. The monoisotopic (exact) mass is 324 g/mol. The molecular weight excluding hydrogens is 309 g/mol. The third-order valence-electron chi connectivity index (χ3n) is 4.08. The second kappa shape index (κ2) is 5.37. The molecular formula is C16H15F3N2O2. The molecule has 1 aromatic rings. The molecule has 4 nitrogen and oxygen atoms in total. The Morgan fingerprint density at radius 2 is 1.91 bits per heavy atom. The largest absolute Gasteiger partial charge is 0.417 e. The van der Waals surface area contributed by atoms with Crippen LogP contribution in [0.15, 0.2) is 18.2 Å². The molecule has 1 aliphatic rings. The van der Waals surface area contributed by atoms with Crippen LogP contribution < -0.4 is 4.90 Å². The minimum absolute atomic E-state index is 0.0212. The van der Waals surface area contributed by atoms with Gasteiger partial charge in [0.2, 0.25) is 5.91 Å². The summed E-state index contributed by atoms with van der Waals surface area (Å²) >= 11 is 0. The summed E-state index contributed by atoms with van der Waals surface area (Å²) in [6.45, 7) is 4.63. The lowest BCUT2D eigenvalue weighted by Crippen LogP contribution is -2.35. The van der Waals surface area contributed by atoms with Crippen LogP contribution >= 0.6 is 0 Å². The second-order valence-electron chi connectivity index (χ2n) is 5.93. The quantitative estimate of drug-likeness (QED) is 0.784. The van der Waals surface area contributed by atoms with E-state index in [-0.39, 0.29) is 11.5 Å². The molecule has 2 rings (SSSR count). The molecule has 7 heteroatoms.